The molecule has 3 aromatic carbocycles. The SMILES string of the molecule is O=C(NCc1ccc(NC(=O)C(F)(F)F)cc1)C(c1ccccc1)c1ccccc1. The van der Waals surface area contributed by atoms with E-state index in [4.69, 9.17) is 0 Å². The zero-order valence-electron chi connectivity index (χ0n) is 15.8. The number of amides is 2. The van der Waals surface area contributed by atoms with Gasteiger partial charge in [0.05, 0.1) is 5.92 Å². The highest BCUT2D eigenvalue weighted by Crippen LogP contribution is 2.25. The van der Waals surface area contributed by atoms with Crippen molar-refractivity contribution in [2.24, 2.45) is 0 Å². The smallest absolute Gasteiger partial charge is 0.351 e. The molecule has 0 heterocycles. The monoisotopic (exact) mass is 412 g/mol. The average Bonchev–Trinajstić information content (AvgIpc) is 2.74. The van der Waals surface area contributed by atoms with Crippen LogP contribution >= 0.6 is 0 Å². The third-order valence-corrected chi connectivity index (χ3v) is 4.46. The molecule has 2 amide bonds. The minimum Gasteiger partial charge on any atom is -0.351 e. The normalized spacial score (nSPS) is 11.2. The number of hydrogen-bond donors (Lipinski definition) is 2. The van der Waals surface area contributed by atoms with Crippen LogP contribution in [-0.2, 0) is 16.1 Å². The Morgan fingerprint density at radius 3 is 1.73 bits per heavy atom. The molecule has 154 valence electrons. The zero-order valence-corrected chi connectivity index (χ0v) is 15.8. The molecule has 0 spiro atoms. The molecule has 0 unspecified atom stereocenters. The van der Waals surface area contributed by atoms with E-state index < -0.39 is 18.0 Å². The van der Waals surface area contributed by atoms with Crippen LogP contribution < -0.4 is 10.6 Å². The third-order valence-electron chi connectivity index (χ3n) is 4.46. The van der Waals surface area contributed by atoms with Gasteiger partial charge in [-0.3, -0.25) is 9.59 Å². The highest BCUT2D eigenvalue weighted by molar-refractivity contribution is 5.94. The minimum atomic E-state index is -4.95. The Kier molecular flexibility index (Phi) is 6.51. The van der Waals surface area contributed by atoms with Gasteiger partial charge in [0.25, 0.3) is 0 Å². The van der Waals surface area contributed by atoms with Crippen LogP contribution in [0.1, 0.15) is 22.6 Å². The van der Waals surface area contributed by atoms with Crippen molar-refractivity contribution in [3.8, 4) is 0 Å². The fraction of sp³-hybridized carbons (Fsp3) is 0.130. The fourth-order valence-electron chi connectivity index (χ4n) is 2.99. The van der Waals surface area contributed by atoms with Gasteiger partial charge in [0.2, 0.25) is 5.91 Å². The van der Waals surface area contributed by atoms with E-state index in [0.717, 1.165) is 11.1 Å². The van der Waals surface area contributed by atoms with Gasteiger partial charge in [-0.25, -0.2) is 0 Å². The number of carbonyl (C=O) groups is 2. The van der Waals surface area contributed by atoms with Gasteiger partial charge in [0.1, 0.15) is 0 Å². The molecular weight excluding hydrogens is 393 g/mol. The first-order valence-electron chi connectivity index (χ1n) is 9.19. The van der Waals surface area contributed by atoms with Crippen LogP contribution in [0.15, 0.2) is 84.9 Å². The summed E-state index contributed by atoms with van der Waals surface area (Å²) in [6, 6.07) is 24.6. The first-order chi connectivity index (χ1) is 14.3. The van der Waals surface area contributed by atoms with Crippen molar-refractivity contribution in [2.75, 3.05) is 5.32 Å². The maximum absolute atomic E-state index is 12.9. The lowest BCUT2D eigenvalue weighted by atomic mass is 9.90. The summed E-state index contributed by atoms with van der Waals surface area (Å²) in [7, 11) is 0. The molecular formula is C23H19F3N2O2. The second-order valence-electron chi connectivity index (χ2n) is 6.62. The molecule has 0 radical (unpaired) electrons. The summed E-state index contributed by atoms with van der Waals surface area (Å²) in [5, 5.41) is 4.66. The summed E-state index contributed by atoms with van der Waals surface area (Å²) in [5.74, 6) is -2.71. The molecule has 7 heteroatoms. The van der Waals surface area contributed by atoms with Crippen molar-refractivity contribution in [1.82, 2.24) is 5.32 Å². The van der Waals surface area contributed by atoms with Crippen molar-refractivity contribution in [3.05, 3.63) is 102 Å². The summed E-state index contributed by atoms with van der Waals surface area (Å²) in [5.41, 5.74) is 2.42. The Hall–Kier alpha value is -3.61. The Bertz CT molecular complexity index is 949. The van der Waals surface area contributed by atoms with Gasteiger partial charge in [-0.1, -0.05) is 72.8 Å². The fourth-order valence-corrected chi connectivity index (χ4v) is 2.99. The molecule has 30 heavy (non-hydrogen) atoms. The van der Waals surface area contributed by atoms with E-state index in [1.54, 1.807) is 17.4 Å². The Balaban J connectivity index is 1.68. The standard InChI is InChI=1S/C23H19F3N2O2/c24-23(25,26)22(30)28-19-13-11-16(12-14-19)15-27-21(29)20(17-7-3-1-4-8-17)18-9-5-2-6-10-18/h1-14,20H,15H2,(H,27,29)(H,28,30). The van der Waals surface area contributed by atoms with Gasteiger partial charge in [-0.2, -0.15) is 13.2 Å². The molecule has 4 nitrogen and oxygen atoms in total. The van der Waals surface area contributed by atoms with Crippen molar-refractivity contribution in [1.29, 1.82) is 0 Å². The molecule has 3 aromatic rings. The number of carbonyl (C=O) groups excluding carboxylic acids is 2. The van der Waals surface area contributed by atoms with Crippen LogP contribution in [0.5, 0.6) is 0 Å². The topological polar surface area (TPSA) is 58.2 Å². The quantitative estimate of drug-likeness (QED) is 0.620. The highest BCUT2D eigenvalue weighted by Gasteiger charge is 2.38. The van der Waals surface area contributed by atoms with Crippen molar-refractivity contribution < 1.29 is 22.8 Å². The summed E-state index contributed by atoms with van der Waals surface area (Å²) in [6.45, 7) is 0.197. The van der Waals surface area contributed by atoms with Crippen molar-refractivity contribution in [3.63, 3.8) is 0 Å². The number of alkyl halides is 3. The van der Waals surface area contributed by atoms with Gasteiger partial charge >= 0.3 is 12.1 Å². The van der Waals surface area contributed by atoms with E-state index in [0.29, 0.717) is 5.56 Å². The van der Waals surface area contributed by atoms with Crippen molar-refractivity contribution >= 4 is 17.5 Å². The molecule has 0 aliphatic heterocycles. The third kappa shape index (κ3) is 5.47. The maximum Gasteiger partial charge on any atom is 0.471 e. The second-order valence-corrected chi connectivity index (χ2v) is 6.62. The number of nitrogens with one attached hydrogen (secondary N) is 2. The molecule has 0 aromatic heterocycles. The summed E-state index contributed by atoms with van der Waals surface area (Å²) in [4.78, 5) is 23.9. The number of benzene rings is 3. The van der Waals surface area contributed by atoms with Crippen LogP contribution in [-0.4, -0.2) is 18.0 Å². The molecule has 0 saturated carbocycles. The van der Waals surface area contributed by atoms with E-state index in [1.807, 2.05) is 60.7 Å². The first-order valence-corrected chi connectivity index (χ1v) is 9.19. The number of halogens is 3. The average molecular weight is 412 g/mol. The lowest BCUT2D eigenvalue weighted by molar-refractivity contribution is -0.167. The number of anilines is 1. The molecule has 2 N–H and O–H groups in total. The van der Waals surface area contributed by atoms with E-state index in [9.17, 15) is 22.8 Å². The second kappa shape index (κ2) is 9.26. The first kappa shape index (κ1) is 21.1. The molecule has 3 rings (SSSR count). The van der Waals surface area contributed by atoms with E-state index in [2.05, 4.69) is 5.32 Å². The van der Waals surface area contributed by atoms with E-state index >= 15 is 0 Å². The molecule has 0 saturated heterocycles. The Morgan fingerprint density at radius 2 is 1.27 bits per heavy atom. The molecule has 0 bridgehead atoms. The highest BCUT2D eigenvalue weighted by atomic mass is 19.4. The number of rotatable bonds is 6. The summed E-state index contributed by atoms with van der Waals surface area (Å²) >= 11 is 0. The zero-order chi connectivity index (χ0) is 21.6. The number of hydrogen-bond acceptors (Lipinski definition) is 2. The van der Waals surface area contributed by atoms with Crippen LogP contribution in [0.4, 0.5) is 18.9 Å². The van der Waals surface area contributed by atoms with Crippen LogP contribution in [0.3, 0.4) is 0 Å². The van der Waals surface area contributed by atoms with Gasteiger partial charge in [-0.15, -0.1) is 0 Å². The Labute approximate surface area is 171 Å². The summed E-state index contributed by atoms with van der Waals surface area (Å²) in [6.07, 6.45) is -4.95. The lowest BCUT2D eigenvalue weighted by Crippen LogP contribution is -2.30. The molecule has 0 aliphatic carbocycles. The predicted octanol–water partition coefficient (Wildman–Crippen LogP) is 4.64. The summed E-state index contributed by atoms with van der Waals surface area (Å²) < 4.78 is 37.0. The molecule has 0 fully saturated rings. The van der Waals surface area contributed by atoms with Crippen LogP contribution in [0, 0.1) is 0 Å². The lowest BCUT2D eigenvalue weighted by Gasteiger charge is -2.18. The van der Waals surface area contributed by atoms with E-state index in [-0.39, 0.29) is 18.1 Å². The van der Waals surface area contributed by atoms with Gasteiger partial charge in [0, 0.05) is 12.2 Å². The van der Waals surface area contributed by atoms with Gasteiger partial charge in [0.15, 0.2) is 0 Å². The molecule has 0 atom stereocenters. The van der Waals surface area contributed by atoms with Gasteiger partial charge < -0.3 is 10.6 Å². The van der Waals surface area contributed by atoms with Crippen LogP contribution in [0.2, 0.25) is 0 Å². The van der Waals surface area contributed by atoms with Gasteiger partial charge in [-0.05, 0) is 28.8 Å². The Morgan fingerprint density at radius 1 is 0.767 bits per heavy atom. The van der Waals surface area contributed by atoms with Crippen molar-refractivity contribution in [2.45, 2.75) is 18.6 Å². The van der Waals surface area contributed by atoms with Crippen LogP contribution in [0.25, 0.3) is 0 Å². The molecule has 0 aliphatic rings. The minimum absolute atomic E-state index is 0.0267. The predicted molar refractivity (Wildman–Crippen MR) is 108 cm³/mol. The maximum atomic E-state index is 12.9. The largest absolute Gasteiger partial charge is 0.471 e. The van der Waals surface area contributed by atoms with E-state index in [1.165, 1.54) is 12.1 Å².